The number of morpholine rings is 1. The molecule has 0 amide bonds. The summed E-state index contributed by atoms with van der Waals surface area (Å²) in [4.78, 5) is 11.2. The highest BCUT2D eigenvalue weighted by molar-refractivity contribution is 5.98. The van der Waals surface area contributed by atoms with Crippen molar-refractivity contribution in [1.29, 1.82) is 0 Å². The van der Waals surface area contributed by atoms with E-state index in [2.05, 4.69) is 51.4 Å². The fourth-order valence-corrected chi connectivity index (χ4v) is 4.49. The van der Waals surface area contributed by atoms with Gasteiger partial charge in [-0.15, -0.1) is 0 Å². The average molecular weight is 408 g/mol. The number of nitrogens with zero attached hydrogens (tertiary/aromatic N) is 5. The van der Waals surface area contributed by atoms with Gasteiger partial charge in [0.2, 0.25) is 0 Å². The Morgan fingerprint density at radius 1 is 1.23 bits per heavy atom. The molecule has 4 heterocycles. The van der Waals surface area contributed by atoms with Crippen molar-refractivity contribution in [2.45, 2.75) is 38.4 Å². The molecule has 3 N–H and O–H groups in total. The number of piperidine rings is 1. The van der Waals surface area contributed by atoms with Crippen molar-refractivity contribution in [3.63, 3.8) is 0 Å². The highest BCUT2D eigenvalue weighted by atomic mass is 16.5. The second-order valence-electron chi connectivity index (χ2n) is 8.34. The van der Waals surface area contributed by atoms with Crippen molar-refractivity contribution >= 4 is 16.9 Å². The molecule has 2 saturated heterocycles. The van der Waals surface area contributed by atoms with Gasteiger partial charge in [0.05, 0.1) is 24.6 Å². The van der Waals surface area contributed by atoms with Gasteiger partial charge in [-0.3, -0.25) is 4.90 Å². The maximum absolute atomic E-state index is 6.27. The van der Waals surface area contributed by atoms with E-state index in [1.54, 1.807) is 0 Å². The highest BCUT2D eigenvalue weighted by Crippen LogP contribution is 2.33. The Kier molecular flexibility index (Phi) is 5.37. The number of nitrogen functional groups attached to an aromatic ring is 1. The van der Waals surface area contributed by atoms with Gasteiger partial charge in [0.1, 0.15) is 17.8 Å². The Bertz CT molecular complexity index is 1010. The van der Waals surface area contributed by atoms with E-state index in [0.29, 0.717) is 11.9 Å². The van der Waals surface area contributed by atoms with Gasteiger partial charge in [-0.05, 0) is 31.9 Å². The lowest BCUT2D eigenvalue weighted by Crippen LogP contribution is -2.42. The molecule has 2 aliphatic rings. The molecule has 3 aromatic rings. The lowest BCUT2D eigenvalue weighted by Gasteiger charge is -2.33. The summed E-state index contributed by atoms with van der Waals surface area (Å²) in [6, 6.07) is 9.37. The number of benzene rings is 1. The number of ether oxygens (including phenoxy) is 1. The van der Waals surface area contributed by atoms with Crippen molar-refractivity contribution < 1.29 is 4.74 Å². The number of hydrogen-bond acceptors (Lipinski definition) is 7. The molecule has 1 unspecified atom stereocenters. The van der Waals surface area contributed by atoms with Crippen LogP contribution in [-0.4, -0.2) is 63.5 Å². The Hall–Kier alpha value is -2.55. The summed E-state index contributed by atoms with van der Waals surface area (Å²) in [6.45, 7) is 7.69. The zero-order valence-electron chi connectivity index (χ0n) is 17.4. The smallest absolute Gasteiger partial charge is 0.164 e. The first kappa shape index (κ1) is 19.4. The maximum atomic E-state index is 6.27. The molecular formula is C22H29N7O. The number of nitrogens with two attached hydrogens (primary N) is 1. The van der Waals surface area contributed by atoms with Crippen molar-refractivity contribution in [3.05, 3.63) is 36.2 Å². The Morgan fingerprint density at radius 2 is 2.10 bits per heavy atom. The van der Waals surface area contributed by atoms with Crippen molar-refractivity contribution in [2.24, 2.45) is 0 Å². The summed E-state index contributed by atoms with van der Waals surface area (Å²) in [5.74, 6) is 0.483. The van der Waals surface area contributed by atoms with E-state index in [0.717, 1.165) is 74.5 Å². The minimum absolute atomic E-state index is 0.284. The molecule has 2 fully saturated rings. The predicted molar refractivity (Wildman–Crippen MR) is 117 cm³/mol. The molecule has 30 heavy (non-hydrogen) atoms. The number of fused-ring (bicyclic) bond motifs is 1. The van der Waals surface area contributed by atoms with Crippen LogP contribution < -0.4 is 11.1 Å². The lowest BCUT2D eigenvalue weighted by molar-refractivity contribution is -0.00436. The number of anilines is 1. The van der Waals surface area contributed by atoms with Crippen LogP contribution in [0.25, 0.3) is 22.3 Å². The van der Waals surface area contributed by atoms with E-state index < -0.39 is 0 Å². The number of rotatable bonds is 4. The van der Waals surface area contributed by atoms with Gasteiger partial charge in [-0.25, -0.2) is 14.6 Å². The topological polar surface area (TPSA) is 94.1 Å². The van der Waals surface area contributed by atoms with Gasteiger partial charge in [-0.1, -0.05) is 24.3 Å². The zero-order valence-corrected chi connectivity index (χ0v) is 17.4. The van der Waals surface area contributed by atoms with Crippen LogP contribution >= 0.6 is 0 Å². The highest BCUT2D eigenvalue weighted by Gasteiger charge is 2.24. The fraction of sp³-hybridized carbons (Fsp3) is 0.500. The molecule has 0 bridgehead atoms. The van der Waals surface area contributed by atoms with Gasteiger partial charge in [0, 0.05) is 31.2 Å². The van der Waals surface area contributed by atoms with Crippen LogP contribution in [0.4, 0.5) is 5.82 Å². The molecule has 8 heteroatoms. The maximum Gasteiger partial charge on any atom is 0.164 e. The molecule has 5 rings (SSSR count). The van der Waals surface area contributed by atoms with Crippen LogP contribution in [0.3, 0.4) is 0 Å². The summed E-state index contributed by atoms with van der Waals surface area (Å²) < 4.78 is 7.59. The standard InChI is InChI=1S/C22H29N7O/c1-15-13-30-10-9-28(15)12-16-4-6-17(7-5-16)20-19-21(23)25-14-26-22(19)29(27-20)18-3-2-8-24-11-18/h4-7,14-15,18,24H,2-3,8-13H2,1H3,(H2,23,25,26)/t15?,18-/m1/s1. The van der Waals surface area contributed by atoms with Crippen molar-refractivity contribution in [1.82, 2.24) is 30.0 Å². The molecule has 1 aromatic carbocycles. The van der Waals surface area contributed by atoms with Crippen LogP contribution in [0.1, 0.15) is 31.4 Å². The van der Waals surface area contributed by atoms with Crippen LogP contribution in [0, 0.1) is 0 Å². The van der Waals surface area contributed by atoms with Crippen molar-refractivity contribution in [2.75, 3.05) is 38.6 Å². The van der Waals surface area contributed by atoms with Crippen LogP contribution in [0.15, 0.2) is 30.6 Å². The first-order chi connectivity index (χ1) is 14.7. The molecule has 2 aromatic heterocycles. The molecule has 0 saturated carbocycles. The minimum atomic E-state index is 0.284. The van der Waals surface area contributed by atoms with Gasteiger partial charge in [-0.2, -0.15) is 5.10 Å². The molecular weight excluding hydrogens is 378 g/mol. The van der Waals surface area contributed by atoms with E-state index in [-0.39, 0.29) is 6.04 Å². The van der Waals surface area contributed by atoms with E-state index in [1.807, 2.05) is 4.68 Å². The summed E-state index contributed by atoms with van der Waals surface area (Å²) in [5, 5.41) is 9.28. The molecule has 0 spiro atoms. The van der Waals surface area contributed by atoms with E-state index in [9.17, 15) is 0 Å². The van der Waals surface area contributed by atoms with E-state index in [4.69, 9.17) is 15.6 Å². The third kappa shape index (κ3) is 3.66. The first-order valence-corrected chi connectivity index (χ1v) is 10.8. The Morgan fingerprint density at radius 3 is 2.87 bits per heavy atom. The Balaban J connectivity index is 1.47. The van der Waals surface area contributed by atoms with Crippen LogP contribution in [0.2, 0.25) is 0 Å². The minimum Gasteiger partial charge on any atom is -0.383 e. The molecule has 0 radical (unpaired) electrons. The number of aromatic nitrogens is 4. The molecule has 2 aliphatic heterocycles. The van der Waals surface area contributed by atoms with E-state index >= 15 is 0 Å². The number of nitrogens with one attached hydrogen (secondary N) is 1. The molecule has 0 aliphatic carbocycles. The summed E-state index contributed by atoms with van der Waals surface area (Å²) in [7, 11) is 0. The average Bonchev–Trinajstić information content (AvgIpc) is 3.18. The quantitative estimate of drug-likeness (QED) is 0.685. The van der Waals surface area contributed by atoms with Crippen LogP contribution in [-0.2, 0) is 11.3 Å². The monoisotopic (exact) mass is 407 g/mol. The summed E-state index contributed by atoms with van der Waals surface area (Å²) in [5.41, 5.74) is 10.3. The summed E-state index contributed by atoms with van der Waals surface area (Å²) in [6.07, 6.45) is 3.75. The second-order valence-corrected chi connectivity index (χ2v) is 8.34. The Labute approximate surface area is 176 Å². The second kappa shape index (κ2) is 8.29. The molecule has 2 atom stereocenters. The fourth-order valence-electron chi connectivity index (χ4n) is 4.49. The van der Waals surface area contributed by atoms with Crippen molar-refractivity contribution in [3.8, 4) is 11.3 Å². The normalized spacial score (nSPS) is 23.1. The molecule has 158 valence electrons. The predicted octanol–water partition coefficient (Wildman–Crippen LogP) is 2.22. The van der Waals surface area contributed by atoms with E-state index in [1.165, 1.54) is 11.9 Å². The largest absolute Gasteiger partial charge is 0.383 e. The third-order valence-corrected chi connectivity index (χ3v) is 6.25. The zero-order chi connectivity index (χ0) is 20.5. The third-order valence-electron chi connectivity index (χ3n) is 6.25. The van der Waals surface area contributed by atoms with Gasteiger partial charge in [0.25, 0.3) is 0 Å². The summed E-state index contributed by atoms with van der Waals surface area (Å²) >= 11 is 0. The van der Waals surface area contributed by atoms with Gasteiger partial charge >= 0.3 is 0 Å². The SMILES string of the molecule is CC1COCCN1Cc1ccc(-c2nn([C@@H]3CCCNC3)c3ncnc(N)c23)cc1. The first-order valence-electron chi connectivity index (χ1n) is 10.8. The van der Waals surface area contributed by atoms with Gasteiger partial charge < -0.3 is 15.8 Å². The molecule has 8 nitrogen and oxygen atoms in total. The van der Waals surface area contributed by atoms with Crippen LogP contribution in [0.5, 0.6) is 0 Å². The lowest BCUT2D eigenvalue weighted by atomic mass is 10.1. The number of hydrogen-bond donors (Lipinski definition) is 2. The van der Waals surface area contributed by atoms with Gasteiger partial charge in [0.15, 0.2) is 5.65 Å².